The van der Waals surface area contributed by atoms with Crippen molar-refractivity contribution in [3.63, 3.8) is 0 Å². The highest BCUT2D eigenvalue weighted by Crippen LogP contribution is 2.44. The lowest BCUT2D eigenvalue weighted by Gasteiger charge is -2.13. The molecule has 0 radical (unpaired) electrons. The lowest BCUT2D eigenvalue weighted by Crippen LogP contribution is -2.06. The molecule has 0 amide bonds. The summed E-state index contributed by atoms with van der Waals surface area (Å²) in [4.78, 5) is 0. The van der Waals surface area contributed by atoms with E-state index in [9.17, 15) is 4.57 Å². The van der Waals surface area contributed by atoms with Crippen LogP contribution in [-0.2, 0) is 14.0 Å². The number of hydrogen-bond acceptors (Lipinski definition) is 6. The molecule has 0 bridgehead atoms. The highest BCUT2D eigenvalue weighted by atomic mass is 31.1. The maximum absolute atomic E-state index is 13.2. The van der Waals surface area contributed by atoms with E-state index in [4.69, 9.17) is 23.1 Å². The van der Waals surface area contributed by atoms with Crippen LogP contribution in [0.4, 0.5) is 0 Å². The molecule has 2 saturated heterocycles. The fraction of sp³-hybridized carbons (Fsp3) is 0.250. The molecule has 0 N–H and O–H groups in total. The first-order chi connectivity index (χ1) is 15.3. The molecular formula is C24H20O6P+. The van der Waals surface area contributed by atoms with Crippen LogP contribution in [0.15, 0.2) is 64.9 Å². The van der Waals surface area contributed by atoms with Crippen LogP contribution < -0.4 is 9.47 Å². The molecule has 7 heteroatoms. The Kier molecular flexibility index (Phi) is 4.64. The van der Waals surface area contributed by atoms with Crippen molar-refractivity contribution in [2.45, 2.75) is 12.2 Å². The van der Waals surface area contributed by atoms with Crippen LogP contribution >= 0.6 is 7.65 Å². The van der Waals surface area contributed by atoms with E-state index < -0.39 is 7.65 Å². The molecule has 0 aliphatic carbocycles. The van der Waals surface area contributed by atoms with Gasteiger partial charge in [0, 0.05) is 21.9 Å². The number of fused-ring (bicyclic) bond motifs is 3. The van der Waals surface area contributed by atoms with Gasteiger partial charge in [-0.25, -0.2) is 4.20 Å². The summed E-state index contributed by atoms with van der Waals surface area (Å²) >= 11 is 0. The van der Waals surface area contributed by atoms with Gasteiger partial charge in [0.05, 0.1) is 13.2 Å². The van der Waals surface area contributed by atoms with E-state index in [-0.39, 0.29) is 12.2 Å². The molecule has 2 fully saturated rings. The molecular weight excluding hydrogens is 415 g/mol. The van der Waals surface area contributed by atoms with Gasteiger partial charge in [-0.05, 0) is 41.0 Å². The zero-order valence-electron chi connectivity index (χ0n) is 16.7. The van der Waals surface area contributed by atoms with E-state index in [1.165, 1.54) is 0 Å². The summed E-state index contributed by atoms with van der Waals surface area (Å²) in [7, 11) is -2.07. The molecule has 2 aliphatic rings. The summed E-state index contributed by atoms with van der Waals surface area (Å²) in [5, 5.41) is 2.52. The summed E-state index contributed by atoms with van der Waals surface area (Å²) in [6.45, 7) is 2.44. The number of para-hydroxylation sites is 1. The van der Waals surface area contributed by atoms with Crippen LogP contribution in [0, 0.1) is 0 Å². The topological polar surface area (TPSA) is 73.7 Å². The Morgan fingerprint density at radius 3 is 2.39 bits per heavy atom. The normalized spacial score (nSPS) is 20.1. The highest BCUT2D eigenvalue weighted by Gasteiger charge is 2.27. The van der Waals surface area contributed by atoms with Gasteiger partial charge in [-0.1, -0.05) is 24.3 Å². The van der Waals surface area contributed by atoms with Crippen molar-refractivity contribution in [3.8, 4) is 22.6 Å². The van der Waals surface area contributed by atoms with E-state index in [0.717, 1.165) is 35.1 Å². The molecule has 2 aliphatic heterocycles. The van der Waals surface area contributed by atoms with Crippen molar-refractivity contribution >= 4 is 29.1 Å². The fourth-order valence-electron chi connectivity index (χ4n) is 3.71. The maximum atomic E-state index is 13.2. The molecule has 1 aromatic heterocycles. The molecule has 3 unspecified atom stereocenters. The SMILES string of the molecule is O=[p+]1oc2ccccc2c2cccc(-c3cc(OCC4CO4)ccc3OCC3CO3)c21. The van der Waals surface area contributed by atoms with Crippen LogP contribution in [0.2, 0.25) is 0 Å². The predicted octanol–water partition coefficient (Wildman–Crippen LogP) is 5.55. The minimum atomic E-state index is -2.07. The summed E-state index contributed by atoms with van der Waals surface area (Å²) in [6, 6.07) is 19.3. The zero-order chi connectivity index (χ0) is 20.8. The predicted molar refractivity (Wildman–Crippen MR) is 117 cm³/mol. The quantitative estimate of drug-likeness (QED) is 0.280. The van der Waals surface area contributed by atoms with Gasteiger partial charge in [-0.2, -0.15) is 0 Å². The van der Waals surface area contributed by atoms with E-state index in [1.807, 2.05) is 60.7 Å². The number of epoxide rings is 2. The maximum Gasteiger partial charge on any atom is 0.598 e. The third kappa shape index (κ3) is 3.79. The van der Waals surface area contributed by atoms with Crippen LogP contribution in [0.5, 0.6) is 11.5 Å². The summed E-state index contributed by atoms with van der Waals surface area (Å²) in [5.74, 6) is 1.41. The fourth-order valence-corrected chi connectivity index (χ4v) is 4.93. The van der Waals surface area contributed by atoms with E-state index in [0.29, 0.717) is 35.4 Å². The average Bonchev–Trinajstić information content (AvgIpc) is 3.71. The lowest BCUT2D eigenvalue weighted by atomic mass is 10.0. The third-order valence-corrected chi connectivity index (χ3v) is 6.69. The van der Waals surface area contributed by atoms with Crippen molar-refractivity contribution in [1.29, 1.82) is 0 Å². The minimum absolute atomic E-state index is 0.132. The summed E-state index contributed by atoms with van der Waals surface area (Å²) in [6.07, 6.45) is 0.294. The van der Waals surface area contributed by atoms with Gasteiger partial charge in [0.2, 0.25) is 5.12 Å². The zero-order valence-corrected chi connectivity index (χ0v) is 17.5. The second-order valence-corrected chi connectivity index (χ2v) is 8.88. The highest BCUT2D eigenvalue weighted by molar-refractivity contribution is 7.37. The largest absolute Gasteiger partial charge is 0.598 e. The summed E-state index contributed by atoms with van der Waals surface area (Å²) < 4.78 is 41.4. The Labute approximate surface area is 179 Å². The number of hydrogen-bond donors (Lipinski definition) is 0. The molecule has 156 valence electrons. The molecule has 0 spiro atoms. The van der Waals surface area contributed by atoms with Gasteiger partial charge < -0.3 is 18.9 Å². The van der Waals surface area contributed by atoms with Gasteiger partial charge in [0.15, 0.2) is 5.58 Å². The Morgan fingerprint density at radius 2 is 1.58 bits per heavy atom. The van der Waals surface area contributed by atoms with E-state index in [2.05, 4.69) is 0 Å². The van der Waals surface area contributed by atoms with Crippen molar-refractivity contribution in [3.05, 3.63) is 60.7 Å². The van der Waals surface area contributed by atoms with E-state index >= 15 is 0 Å². The molecule has 31 heavy (non-hydrogen) atoms. The van der Waals surface area contributed by atoms with Crippen molar-refractivity contribution in [2.75, 3.05) is 26.4 Å². The van der Waals surface area contributed by atoms with Gasteiger partial charge in [-0.15, -0.1) is 0 Å². The van der Waals surface area contributed by atoms with Crippen LogP contribution in [0.3, 0.4) is 0 Å². The molecule has 3 heterocycles. The lowest BCUT2D eigenvalue weighted by molar-refractivity contribution is 0.258. The number of rotatable bonds is 7. The van der Waals surface area contributed by atoms with Crippen molar-refractivity contribution < 1.29 is 27.7 Å². The first-order valence-electron chi connectivity index (χ1n) is 10.3. The number of ether oxygens (including phenoxy) is 4. The van der Waals surface area contributed by atoms with Gasteiger partial charge in [0.25, 0.3) is 0 Å². The van der Waals surface area contributed by atoms with Gasteiger partial charge >= 0.3 is 7.65 Å². The first kappa shape index (κ1) is 18.8. The van der Waals surface area contributed by atoms with E-state index in [1.54, 1.807) is 0 Å². The molecule has 3 atom stereocenters. The van der Waals surface area contributed by atoms with Crippen LogP contribution in [-0.4, -0.2) is 38.6 Å². The third-order valence-electron chi connectivity index (χ3n) is 5.48. The van der Waals surface area contributed by atoms with Crippen LogP contribution in [0.25, 0.3) is 32.6 Å². The standard InChI is InChI=1S/C24H20O6P/c25-31-24-19(18-4-1-2-7-23(18)30-31)5-3-6-20(24)21-10-15(26-11-16-12-27-16)8-9-22(21)29-14-17-13-28-17/h1-10,16-17H,11-14H2/q+1. The molecule has 6 nitrogen and oxygen atoms in total. The Bertz CT molecular complexity index is 1340. The second kappa shape index (κ2) is 7.65. The Morgan fingerprint density at radius 1 is 0.839 bits per heavy atom. The average molecular weight is 435 g/mol. The second-order valence-electron chi connectivity index (χ2n) is 7.74. The van der Waals surface area contributed by atoms with Gasteiger partial charge in [-0.3, -0.25) is 0 Å². The van der Waals surface area contributed by atoms with Crippen molar-refractivity contribution in [1.82, 2.24) is 0 Å². The molecule has 0 saturated carbocycles. The molecule has 3 aromatic carbocycles. The molecule has 4 aromatic rings. The van der Waals surface area contributed by atoms with Crippen LogP contribution in [0.1, 0.15) is 0 Å². The molecule has 6 rings (SSSR count). The Balaban J connectivity index is 1.51. The Hall–Kier alpha value is -2.92. The smallest absolute Gasteiger partial charge is 0.491 e. The van der Waals surface area contributed by atoms with Crippen molar-refractivity contribution in [2.24, 2.45) is 0 Å². The number of benzene rings is 3. The minimum Gasteiger partial charge on any atom is -0.491 e. The van der Waals surface area contributed by atoms with Gasteiger partial charge in [0.1, 0.15) is 36.9 Å². The summed E-state index contributed by atoms with van der Waals surface area (Å²) in [5.41, 5.74) is 2.27. The first-order valence-corrected chi connectivity index (χ1v) is 11.4. The monoisotopic (exact) mass is 435 g/mol.